The van der Waals surface area contributed by atoms with Gasteiger partial charge in [-0.1, -0.05) is 35.4 Å². The van der Waals surface area contributed by atoms with Crippen molar-refractivity contribution in [3.63, 3.8) is 0 Å². The predicted molar refractivity (Wildman–Crippen MR) is 96.1 cm³/mol. The molecule has 2 aromatic carbocycles. The van der Waals surface area contributed by atoms with Crippen molar-refractivity contribution in [3.8, 4) is 0 Å². The smallest absolute Gasteiger partial charge is 0.246 e. The van der Waals surface area contributed by atoms with E-state index in [0.29, 0.717) is 0 Å². The molecule has 140 valence electrons. The van der Waals surface area contributed by atoms with Crippen molar-refractivity contribution >= 4 is 20.0 Å². The van der Waals surface area contributed by atoms with Gasteiger partial charge in [0.25, 0.3) is 0 Å². The molecular formula is C17H20N2O5S2. The fourth-order valence-electron chi connectivity index (χ4n) is 2.51. The third-order valence-corrected chi connectivity index (χ3v) is 7.64. The molecule has 0 radical (unpaired) electrons. The highest BCUT2D eigenvalue weighted by Crippen LogP contribution is 2.23. The zero-order valence-electron chi connectivity index (χ0n) is 14.5. The molecule has 3 rings (SSSR count). The first-order chi connectivity index (χ1) is 12.2. The molecule has 0 amide bonds. The number of hydrogen-bond donors (Lipinski definition) is 0. The first-order valence-electron chi connectivity index (χ1n) is 7.93. The van der Waals surface area contributed by atoms with Crippen LogP contribution in [0, 0.1) is 13.8 Å². The first-order valence-corrected chi connectivity index (χ1v) is 10.8. The van der Waals surface area contributed by atoms with Crippen LogP contribution < -0.4 is 0 Å². The molecule has 1 aliphatic rings. The summed E-state index contributed by atoms with van der Waals surface area (Å²) in [5.41, 5.74) is 1.87. The summed E-state index contributed by atoms with van der Waals surface area (Å²) in [6.07, 6.45) is 0. The second-order valence-electron chi connectivity index (χ2n) is 6.14. The van der Waals surface area contributed by atoms with Crippen molar-refractivity contribution in [3.05, 3.63) is 59.7 Å². The molecule has 0 atom stereocenters. The van der Waals surface area contributed by atoms with E-state index in [0.717, 1.165) is 19.7 Å². The van der Waals surface area contributed by atoms with Crippen LogP contribution in [-0.4, -0.2) is 45.6 Å². The summed E-state index contributed by atoms with van der Waals surface area (Å²) in [6.45, 7) is 3.02. The third-order valence-electron chi connectivity index (χ3n) is 4.10. The van der Waals surface area contributed by atoms with Gasteiger partial charge < -0.3 is 4.74 Å². The van der Waals surface area contributed by atoms with Crippen molar-refractivity contribution in [2.75, 3.05) is 20.1 Å². The number of hydrogen-bond acceptors (Lipinski definition) is 5. The van der Waals surface area contributed by atoms with Crippen LogP contribution >= 0.6 is 0 Å². The minimum Gasteiger partial charge on any atom is -0.349 e. The van der Waals surface area contributed by atoms with Crippen molar-refractivity contribution in [2.45, 2.75) is 23.6 Å². The summed E-state index contributed by atoms with van der Waals surface area (Å²) in [5.74, 6) is 0. The largest absolute Gasteiger partial charge is 0.349 e. The lowest BCUT2D eigenvalue weighted by Crippen LogP contribution is -2.50. The van der Waals surface area contributed by atoms with E-state index >= 15 is 0 Å². The monoisotopic (exact) mass is 396 g/mol. The zero-order valence-corrected chi connectivity index (χ0v) is 16.1. The van der Waals surface area contributed by atoms with Gasteiger partial charge in [0.15, 0.2) is 0 Å². The maximum Gasteiger partial charge on any atom is 0.246 e. The molecule has 2 aromatic rings. The summed E-state index contributed by atoms with van der Waals surface area (Å²) in [5, 5.41) is 0. The fourth-order valence-corrected chi connectivity index (χ4v) is 5.15. The zero-order chi connectivity index (χ0) is 18.9. The average molecular weight is 396 g/mol. The van der Waals surface area contributed by atoms with E-state index in [2.05, 4.69) is 0 Å². The summed E-state index contributed by atoms with van der Waals surface area (Å²) in [7, 11) is -7.72. The van der Waals surface area contributed by atoms with Gasteiger partial charge in [-0.2, -0.15) is 8.61 Å². The number of rotatable bonds is 4. The number of sulfonamides is 2. The van der Waals surface area contributed by atoms with Crippen LogP contribution in [0.15, 0.2) is 58.3 Å². The third kappa shape index (κ3) is 3.67. The Hall–Kier alpha value is -1.78. The predicted octanol–water partition coefficient (Wildman–Crippen LogP) is 1.89. The van der Waals surface area contributed by atoms with Crippen molar-refractivity contribution in [1.82, 2.24) is 8.61 Å². The highest BCUT2D eigenvalue weighted by atomic mass is 32.2. The second-order valence-corrected chi connectivity index (χ2v) is 10.0. The van der Waals surface area contributed by atoms with Crippen LogP contribution in [-0.2, 0) is 24.8 Å². The van der Waals surface area contributed by atoms with Crippen molar-refractivity contribution in [2.24, 2.45) is 0 Å². The van der Waals surface area contributed by atoms with Gasteiger partial charge in [0.05, 0.1) is 16.5 Å². The summed E-state index contributed by atoms with van der Waals surface area (Å²) in [6, 6.07) is 12.8. The van der Waals surface area contributed by atoms with E-state index in [1.165, 1.54) is 24.3 Å². The number of nitrogens with zero attached hydrogens (tertiary/aromatic N) is 2. The van der Waals surface area contributed by atoms with Gasteiger partial charge in [-0.25, -0.2) is 16.8 Å². The molecule has 1 aliphatic heterocycles. The molecule has 7 nitrogen and oxygen atoms in total. The maximum absolute atomic E-state index is 12.8. The summed E-state index contributed by atoms with van der Waals surface area (Å²) >= 11 is 0. The van der Waals surface area contributed by atoms with E-state index < -0.39 is 20.0 Å². The quantitative estimate of drug-likeness (QED) is 0.788. The average Bonchev–Trinajstić information content (AvgIpc) is 2.62. The Bertz CT molecular complexity index is 903. The molecule has 0 spiro atoms. The lowest BCUT2D eigenvalue weighted by molar-refractivity contribution is -0.0378. The molecule has 0 bridgehead atoms. The highest BCUT2D eigenvalue weighted by molar-refractivity contribution is 7.90. The molecule has 0 saturated carbocycles. The molecule has 1 saturated heterocycles. The van der Waals surface area contributed by atoms with Crippen molar-refractivity contribution in [1.29, 1.82) is 0 Å². The number of benzene rings is 2. The maximum atomic E-state index is 12.8. The Kier molecular flexibility index (Phi) is 5.18. The molecule has 0 aliphatic carbocycles. The molecule has 1 fully saturated rings. The van der Waals surface area contributed by atoms with Crippen LogP contribution in [0.1, 0.15) is 11.1 Å². The molecule has 26 heavy (non-hydrogen) atoms. The Morgan fingerprint density at radius 1 is 0.692 bits per heavy atom. The van der Waals surface area contributed by atoms with Gasteiger partial charge in [-0.05, 0) is 38.1 Å². The minimum atomic E-state index is -3.86. The van der Waals surface area contributed by atoms with E-state index in [-0.39, 0.29) is 29.9 Å². The van der Waals surface area contributed by atoms with Gasteiger partial charge in [0.1, 0.15) is 13.5 Å². The van der Waals surface area contributed by atoms with Gasteiger partial charge in [0.2, 0.25) is 20.0 Å². The molecule has 0 N–H and O–H groups in total. The highest BCUT2D eigenvalue weighted by Gasteiger charge is 2.35. The number of aryl methyl sites for hydroxylation is 2. The second kappa shape index (κ2) is 7.09. The van der Waals surface area contributed by atoms with Crippen LogP contribution in [0.2, 0.25) is 0 Å². The first kappa shape index (κ1) is 19.0. The van der Waals surface area contributed by atoms with Crippen LogP contribution in [0.4, 0.5) is 0 Å². The SMILES string of the molecule is Cc1ccc(S(=O)(=O)N2COCN(S(=O)(=O)c3ccc(C)cc3)C2)cc1. The lowest BCUT2D eigenvalue weighted by Gasteiger charge is -2.33. The topological polar surface area (TPSA) is 84.0 Å². The van der Waals surface area contributed by atoms with E-state index in [9.17, 15) is 16.8 Å². The number of ether oxygens (including phenoxy) is 1. The normalized spacial score (nSPS) is 17.3. The van der Waals surface area contributed by atoms with Crippen LogP contribution in [0.3, 0.4) is 0 Å². The summed E-state index contributed by atoms with van der Waals surface area (Å²) < 4.78 is 58.4. The van der Waals surface area contributed by atoms with E-state index in [1.54, 1.807) is 24.3 Å². The molecule has 1 heterocycles. The summed E-state index contributed by atoms with van der Waals surface area (Å²) in [4.78, 5) is 0.197. The standard InChI is InChI=1S/C17H20N2O5S2/c1-14-3-7-16(8-4-14)25(20,21)18-11-19(13-24-12-18)26(22,23)17-9-5-15(2)6-10-17/h3-10H,11-13H2,1-2H3. The van der Waals surface area contributed by atoms with E-state index in [1.807, 2.05) is 13.8 Å². The van der Waals surface area contributed by atoms with Gasteiger partial charge in [-0.3, -0.25) is 0 Å². The van der Waals surface area contributed by atoms with Crippen molar-refractivity contribution < 1.29 is 21.6 Å². The van der Waals surface area contributed by atoms with Crippen LogP contribution in [0.25, 0.3) is 0 Å². The fraction of sp³-hybridized carbons (Fsp3) is 0.294. The Morgan fingerprint density at radius 2 is 1.04 bits per heavy atom. The Labute approximate surface area is 153 Å². The van der Waals surface area contributed by atoms with Gasteiger partial charge in [0, 0.05) is 0 Å². The van der Waals surface area contributed by atoms with Gasteiger partial charge >= 0.3 is 0 Å². The Morgan fingerprint density at radius 3 is 1.38 bits per heavy atom. The lowest BCUT2D eigenvalue weighted by atomic mass is 10.2. The molecule has 0 aromatic heterocycles. The molecule has 9 heteroatoms. The van der Waals surface area contributed by atoms with Gasteiger partial charge in [-0.15, -0.1) is 0 Å². The van der Waals surface area contributed by atoms with E-state index in [4.69, 9.17) is 4.74 Å². The minimum absolute atomic E-state index is 0.0984. The Balaban J connectivity index is 1.87. The molecular weight excluding hydrogens is 376 g/mol. The molecule has 0 unspecified atom stereocenters. The van der Waals surface area contributed by atoms with Crippen LogP contribution in [0.5, 0.6) is 0 Å².